The Morgan fingerprint density at radius 2 is 1.67 bits per heavy atom. The summed E-state index contributed by atoms with van der Waals surface area (Å²) in [6, 6.07) is 13.2. The molecule has 0 radical (unpaired) electrons. The predicted molar refractivity (Wildman–Crippen MR) is 129 cm³/mol. The van der Waals surface area contributed by atoms with E-state index >= 15 is 0 Å². The molecular formula is C24H31ClN2O5S. The summed E-state index contributed by atoms with van der Waals surface area (Å²) in [5.41, 5.74) is 2.79. The lowest BCUT2D eigenvalue weighted by Gasteiger charge is -2.35. The molecule has 0 atom stereocenters. The highest BCUT2D eigenvalue weighted by Gasteiger charge is 2.29. The first-order chi connectivity index (χ1) is 15.7. The summed E-state index contributed by atoms with van der Waals surface area (Å²) in [6.07, 6.45) is 0.182. The van der Waals surface area contributed by atoms with Crippen LogP contribution >= 0.6 is 11.6 Å². The lowest BCUT2D eigenvalue weighted by atomic mass is 10.1. The first kappa shape index (κ1) is 25.5. The highest BCUT2D eigenvalue weighted by atomic mass is 35.5. The normalized spacial score (nSPS) is 15.5. The molecule has 0 spiro atoms. The van der Waals surface area contributed by atoms with Gasteiger partial charge in [-0.3, -0.25) is 9.69 Å². The van der Waals surface area contributed by atoms with Crippen LogP contribution in [0.3, 0.4) is 0 Å². The molecule has 33 heavy (non-hydrogen) atoms. The van der Waals surface area contributed by atoms with Crippen molar-refractivity contribution >= 4 is 27.6 Å². The van der Waals surface area contributed by atoms with E-state index in [9.17, 15) is 13.2 Å². The topological polar surface area (TPSA) is 76.2 Å². The molecule has 0 unspecified atom stereocenters. The zero-order valence-corrected chi connectivity index (χ0v) is 20.9. The zero-order chi connectivity index (χ0) is 24.0. The fourth-order valence-corrected chi connectivity index (χ4v) is 5.06. The number of ether oxygens (including phenoxy) is 2. The van der Waals surface area contributed by atoms with Crippen molar-refractivity contribution in [1.29, 1.82) is 0 Å². The van der Waals surface area contributed by atoms with E-state index in [2.05, 4.69) is 4.90 Å². The van der Waals surface area contributed by atoms with Gasteiger partial charge in [0.05, 0.1) is 18.8 Å². The van der Waals surface area contributed by atoms with Gasteiger partial charge in [0.1, 0.15) is 12.4 Å². The Hall–Kier alpha value is -2.13. The summed E-state index contributed by atoms with van der Waals surface area (Å²) < 4.78 is 37.4. The smallest absolute Gasteiger partial charge is 0.309 e. The number of methoxy groups -OCH3 is 1. The van der Waals surface area contributed by atoms with E-state index in [1.54, 1.807) is 18.2 Å². The van der Waals surface area contributed by atoms with E-state index in [4.69, 9.17) is 21.1 Å². The molecule has 9 heteroatoms. The van der Waals surface area contributed by atoms with Crippen molar-refractivity contribution in [2.24, 2.45) is 0 Å². The summed E-state index contributed by atoms with van der Waals surface area (Å²) in [7, 11) is -1.88. The Morgan fingerprint density at radius 3 is 2.27 bits per heavy atom. The molecule has 0 bridgehead atoms. The van der Waals surface area contributed by atoms with Gasteiger partial charge in [-0.05, 0) is 43.2 Å². The maximum Gasteiger partial charge on any atom is 0.309 e. The second-order valence-electron chi connectivity index (χ2n) is 8.38. The minimum absolute atomic E-state index is 0.182. The van der Waals surface area contributed by atoms with Crippen molar-refractivity contribution < 1.29 is 22.7 Å². The molecule has 0 aromatic heterocycles. The van der Waals surface area contributed by atoms with Crippen LogP contribution in [0.25, 0.3) is 0 Å². The zero-order valence-electron chi connectivity index (χ0n) is 19.3. The molecule has 3 rings (SSSR count). The van der Waals surface area contributed by atoms with Gasteiger partial charge in [-0.1, -0.05) is 35.9 Å². The average Bonchev–Trinajstić information content (AvgIpc) is 2.80. The van der Waals surface area contributed by atoms with Crippen LogP contribution in [0.5, 0.6) is 5.75 Å². The first-order valence-electron chi connectivity index (χ1n) is 11.0. The Labute approximate surface area is 201 Å². The maximum absolute atomic E-state index is 12.5. The third-order valence-electron chi connectivity index (χ3n) is 5.69. The van der Waals surface area contributed by atoms with Crippen molar-refractivity contribution in [3.8, 4) is 5.75 Å². The molecule has 2 aromatic rings. The fourth-order valence-electron chi connectivity index (χ4n) is 3.67. The van der Waals surface area contributed by atoms with E-state index in [1.165, 1.54) is 7.11 Å². The van der Waals surface area contributed by atoms with Crippen LogP contribution in [0.1, 0.15) is 30.5 Å². The molecule has 1 saturated heterocycles. The molecule has 0 N–H and O–H groups in total. The molecular weight excluding hydrogens is 464 g/mol. The quantitative estimate of drug-likeness (QED) is 0.497. The van der Waals surface area contributed by atoms with Crippen molar-refractivity contribution in [2.75, 3.05) is 33.3 Å². The number of piperazine rings is 1. The lowest BCUT2D eigenvalue weighted by Crippen LogP contribution is -2.50. The molecule has 1 aliphatic heterocycles. The lowest BCUT2D eigenvalue weighted by molar-refractivity contribution is -0.139. The minimum atomic E-state index is -3.25. The summed E-state index contributed by atoms with van der Waals surface area (Å²) >= 11 is 5.96. The van der Waals surface area contributed by atoms with E-state index in [1.807, 2.05) is 42.5 Å². The van der Waals surface area contributed by atoms with Gasteiger partial charge in [-0.2, -0.15) is 4.31 Å². The Morgan fingerprint density at radius 1 is 1.03 bits per heavy atom. The van der Waals surface area contributed by atoms with Crippen molar-refractivity contribution in [2.45, 2.75) is 38.7 Å². The fraction of sp³-hybridized carbons (Fsp3) is 0.458. The van der Waals surface area contributed by atoms with Crippen LogP contribution < -0.4 is 4.74 Å². The van der Waals surface area contributed by atoms with Gasteiger partial charge in [-0.25, -0.2) is 8.42 Å². The van der Waals surface area contributed by atoms with Crippen LogP contribution in [0, 0.1) is 0 Å². The van der Waals surface area contributed by atoms with Crippen molar-refractivity contribution in [3.05, 3.63) is 64.2 Å². The second kappa shape index (κ2) is 11.3. The number of hydrogen-bond acceptors (Lipinski definition) is 6. The molecule has 7 nitrogen and oxygen atoms in total. The summed E-state index contributed by atoms with van der Waals surface area (Å²) in [5.74, 6) is 0.430. The SMILES string of the molecule is COC(=O)Cc1ccc(OCc2ccc(Cl)cc2)c(CN2CCN(S(=O)(=O)C(C)C)CC2)c1. The summed E-state index contributed by atoms with van der Waals surface area (Å²) in [6.45, 7) is 6.58. The van der Waals surface area contributed by atoms with Crippen LogP contribution in [0.4, 0.5) is 0 Å². The van der Waals surface area contributed by atoms with Gasteiger partial charge in [0, 0.05) is 43.3 Å². The average molecular weight is 495 g/mol. The number of halogens is 1. The number of rotatable bonds is 9. The highest BCUT2D eigenvalue weighted by Crippen LogP contribution is 2.25. The van der Waals surface area contributed by atoms with Crippen molar-refractivity contribution in [1.82, 2.24) is 9.21 Å². The number of nitrogens with zero attached hydrogens (tertiary/aromatic N) is 2. The highest BCUT2D eigenvalue weighted by molar-refractivity contribution is 7.89. The molecule has 1 fully saturated rings. The van der Waals surface area contributed by atoms with Gasteiger partial charge in [0.15, 0.2) is 0 Å². The van der Waals surface area contributed by atoms with E-state index in [0.29, 0.717) is 44.4 Å². The van der Waals surface area contributed by atoms with Crippen molar-refractivity contribution in [3.63, 3.8) is 0 Å². The monoisotopic (exact) mass is 494 g/mol. The molecule has 1 aliphatic rings. The van der Waals surface area contributed by atoms with Gasteiger partial charge in [-0.15, -0.1) is 0 Å². The molecule has 0 saturated carbocycles. The minimum Gasteiger partial charge on any atom is -0.489 e. The van der Waals surface area contributed by atoms with E-state index in [-0.39, 0.29) is 12.4 Å². The Kier molecular flexibility index (Phi) is 8.75. The van der Waals surface area contributed by atoms with Gasteiger partial charge >= 0.3 is 5.97 Å². The number of carbonyl (C=O) groups is 1. The molecule has 2 aromatic carbocycles. The summed E-state index contributed by atoms with van der Waals surface area (Å²) in [4.78, 5) is 14.0. The standard InChI is InChI=1S/C24H31ClN2O5S/c1-18(2)33(29,30)27-12-10-26(11-13-27)16-21-14-20(15-24(28)31-3)6-9-23(21)32-17-19-4-7-22(25)8-5-19/h4-9,14,18H,10-13,15-17H2,1-3H3. The third-order valence-corrected chi connectivity index (χ3v) is 8.22. The molecule has 0 aliphatic carbocycles. The van der Waals surface area contributed by atoms with Gasteiger partial charge in [0.2, 0.25) is 10.0 Å². The molecule has 1 heterocycles. The van der Waals surface area contributed by atoms with E-state index < -0.39 is 15.3 Å². The number of benzene rings is 2. The number of esters is 1. The number of carbonyl (C=O) groups excluding carboxylic acids is 1. The largest absolute Gasteiger partial charge is 0.489 e. The van der Waals surface area contributed by atoms with E-state index in [0.717, 1.165) is 22.4 Å². The van der Waals surface area contributed by atoms with Gasteiger partial charge in [0.25, 0.3) is 0 Å². The number of hydrogen-bond donors (Lipinski definition) is 0. The van der Waals surface area contributed by atoms with Crippen LogP contribution in [-0.2, 0) is 39.1 Å². The predicted octanol–water partition coefficient (Wildman–Crippen LogP) is 3.49. The van der Waals surface area contributed by atoms with Crippen LogP contribution in [0.2, 0.25) is 5.02 Å². The number of sulfonamides is 1. The Bertz CT molecular complexity index is 1050. The van der Waals surface area contributed by atoms with Gasteiger partial charge < -0.3 is 9.47 Å². The molecule has 180 valence electrons. The second-order valence-corrected chi connectivity index (χ2v) is 11.3. The maximum atomic E-state index is 12.5. The summed E-state index contributed by atoms with van der Waals surface area (Å²) in [5, 5.41) is 0.247. The third kappa shape index (κ3) is 6.93. The van der Waals surface area contributed by atoms with Crippen LogP contribution in [-0.4, -0.2) is 62.1 Å². The van der Waals surface area contributed by atoms with Crippen LogP contribution in [0.15, 0.2) is 42.5 Å². The Balaban J connectivity index is 1.72. The first-order valence-corrected chi connectivity index (χ1v) is 12.8. The molecule has 0 amide bonds.